The van der Waals surface area contributed by atoms with Crippen LogP contribution in [0.2, 0.25) is 0 Å². The maximum absolute atomic E-state index is 14.4. The van der Waals surface area contributed by atoms with Crippen molar-refractivity contribution in [3.05, 3.63) is 71.7 Å². The normalized spacial score (nSPS) is 15.4. The van der Waals surface area contributed by atoms with Crippen molar-refractivity contribution < 1.29 is 41.7 Å². The van der Waals surface area contributed by atoms with E-state index < -0.39 is 35.9 Å². The number of aliphatic hydroxyl groups is 1. The van der Waals surface area contributed by atoms with Crippen molar-refractivity contribution in [3.63, 3.8) is 0 Å². The van der Waals surface area contributed by atoms with E-state index in [0.29, 0.717) is 24.3 Å². The predicted molar refractivity (Wildman–Crippen MR) is 125 cm³/mol. The highest BCUT2D eigenvalue weighted by Crippen LogP contribution is 2.33. The lowest BCUT2D eigenvalue weighted by molar-refractivity contribution is -0.274. The molecule has 8 nitrogen and oxygen atoms in total. The van der Waals surface area contributed by atoms with E-state index in [4.69, 9.17) is 0 Å². The van der Waals surface area contributed by atoms with Gasteiger partial charge in [0.1, 0.15) is 17.4 Å². The van der Waals surface area contributed by atoms with Crippen molar-refractivity contribution in [2.45, 2.75) is 18.9 Å². The highest BCUT2D eigenvalue weighted by atomic mass is 19.4. The number of aromatic nitrogens is 1. The average Bonchev–Trinajstić information content (AvgIpc) is 3.29. The van der Waals surface area contributed by atoms with Crippen LogP contribution in [0.1, 0.15) is 27.1 Å². The molecule has 0 saturated carbocycles. The monoisotopic (exact) mass is 519 g/mol. The second kappa shape index (κ2) is 10.4. The molecule has 1 saturated heterocycles. The Kier molecular flexibility index (Phi) is 7.30. The Morgan fingerprint density at radius 3 is 2.46 bits per heavy atom. The van der Waals surface area contributed by atoms with E-state index in [9.17, 15) is 32.3 Å². The first-order chi connectivity index (χ1) is 17.5. The van der Waals surface area contributed by atoms with E-state index in [1.54, 1.807) is 4.90 Å². The Bertz CT molecular complexity index is 1310. The van der Waals surface area contributed by atoms with Crippen molar-refractivity contribution in [3.8, 4) is 16.9 Å². The van der Waals surface area contributed by atoms with Gasteiger partial charge in [0.25, 0.3) is 5.91 Å². The summed E-state index contributed by atoms with van der Waals surface area (Å²) in [4.78, 5) is 31.1. The number of β-amino-alcohol motifs (C(OH)–C–C–N with tert-alkyl or cyclic N) is 1. The van der Waals surface area contributed by atoms with Gasteiger partial charge in [0.2, 0.25) is 0 Å². The number of ether oxygens (including phenoxy) is 2. The molecule has 1 fully saturated rings. The van der Waals surface area contributed by atoms with Gasteiger partial charge in [0.05, 0.1) is 24.3 Å². The Morgan fingerprint density at radius 2 is 1.84 bits per heavy atom. The van der Waals surface area contributed by atoms with Gasteiger partial charge in [-0.05, 0) is 60.5 Å². The summed E-state index contributed by atoms with van der Waals surface area (Å²) in [7, 11) is 1.16. The molecule has 1 unspecified atom stereocenters. The van der Waals surface area contributed by atoms with Crippen LogP contribution in [0.4, 0.5) is 29.1 Å². The molecule has 194 valence electrons. The van der Waals surface area contributed by atoms with Crippen LogP contribution < -0.4 is 15.0 Å². The number of pyridine rings is 1. The smallest absolute Gasteiger partial charge is 0.465 e. The molecule has 1 atom stereocenters. The van der Waals surface area contributed by atoms with Crippen LogP contribution in [0.3, 0.4) is 0 Å². The zero-order valence-electron chi connectivity index (χ0n) is 19.4. The lowest BCUT2D eigenvalue weighted by atomic mass is 10.0. The molecule has 2 heterocycles. The quantitative estimate of drug-likeness (QED) is 0.368. The molecule has 4 rings (SSSR count). The highest BCUT2D eigenvalue weighted by molar-refractivity contribution is 6.05. The molecule has 0 radical (unpaired) electrons. The van der Waals surface area contributed by atoms with E-state index >= 15 is 0 Å². The van der Waals surface area contributed by atoms with Gasteiger partial charge in [-0.2, -0.15) is 0 Å². The molecule has 12 heteroatoms. The standard InChI is InChI=1S/C25H21F4N3O5/c1-36-24(35)15-8-14(9-17(26)10-15)21-11-16(12-30-22(21)32-7-6-19(33)13-32)23(34)31-18-2-4-20(5-3-18)37-25(27,28)29/h2-5,8-12,19,33H,6-7,13H2,1H3,(H,31,34). The number of nitrogens with one attached hydrogen (secondary N) is 1. The van der Waals surface area contributed by atoms with Crippen LogP contribution in [0.25, 0.3) is 11.1 Å². The number of anilines is 2. The summed E-state index contributed by atoms with van der Waals surface area (Å²) in [5.74, 6) is -2.15. The largest absolute Gasteiger partial charge is 0.573 e. The summed E-state index contributed by atoms with van der Waals surface area (Å²) in [5, 5.41) is 12.5. The molecule has 37 heavy (non-hydrogen) atoms. The fourth-order valence-corrected chi connectivity index (χ4v) is 3.90. The van der Waals surface area contributed by atoms with Crippen molar-refractivity contribution >= 4 is 23.4 Å². The second-order valence-corrected chi connectivity index (χ2v) is 8.23. The van der Waals surface area contributed by atoms with Crippen LogP contribution in [-0.4, -0.2) is 54.6 Å². The zero-order valence-corrected chi connectivity index (χ0v) is 19.4. The molecular weight excluding hydrogens is 498 g/mol. The van der Waals surface area contributed by atoms with Gasteiger partial charge in [-0.15, -0.1) is 13.2 Å². The Labute approximate surface area is 208 Å². The summed E-state index contributed by atoms with van der Waals surface area (Å²) in [5.41, 5.74) is 0.818. The van der Waals surface area contributed by atoms with Crippen molar-refractivity contribution in [2.75, 3.05) is 30.4 Å². The third-order valence-electron chi connectivity index (χ3n) is 5.57. The number of hydrogen-bond acceptors (Lipinski definition) is 7. The van der Waals surface area contributed by atoms with E-state index in [2.05, 4.69) is 19.8 Å². The molecule has 0 spiro atoms. The fraction of sp³-hybridized carbons (Fsp3) is 0.240. The van der Waals surface area contributed by atoms with Gasteiger partial charge in [0, 0.05) is 30.5 Å². The molecule has 1 aliphatic heterocycles. The number of hydrogen-bond donors (Lipinski definition) is 2. The lowest BCUT2D eigenvalue weighted by Gasteiger charge is -2.21. The number of carbonyl (C=O) groups excluding carboxylic acids is 2. The molecule has 0 bridgehead atoms. The Balaban J connectivity index is 1.67. The third kappa shape index (κ3) is 6.33. The lowest BCUT2D eigenvalue weighted by Crippen LogP contribution is -2.23. The molecule has 2 aromatic carbocycles. The second-order valence-electron chi connectivity index (χ2n) is 8.23. The minimum Gasteiger partial charge on any atom is -0.465 e. The van der Waals surface area contributed by atoms with Crippen LogP contribution in [-0.2, 0) is 4.74 Å². The van der Waals surface area contributed by atoms with Crippen molar-refractivity contribution in [1.29, 1.82) is 0 Å². The highest BCUT2D eigenvalue weighted by Gasteiger charge is 2.31. The summed E-state index contributed by atoms with van der Waals surface area (Å²) in [6.07, 6.45) is -3.64. The maximum Gasteiger partial charge on any atom is 0.573 e. The van der Waals surface area contributed by atoms with Gasteiger partial charge in [-0.1, -0.05) is 0 Å². The summed E-state index contributed by atoms with van der Waals surface area (Å²) < 4.78 is 60.0. The summed E-state index contributed by atoms with van der Waals surface area (Å²) in [6.45, 7) is 0.745. The number of methoxy groups -OCH3 is 1. The number of alkyl halides is 3. The number of amides is 1. The molecule has 1 aromatic heterocycles. The molecule has 0 aliphatic carbocycles. The number of nitrogens with zero attached hydrogens (tertiary/aromatic N) is 2. The minimum atomic E-state index is -4.84. The summed E-state index contributed by atoms with van der Waals surface area (Å²) in [6, 6.07) is 9.64. The fourth-order valence-electron chi connectivity index (χ4n) is 3.90. The maximum atomic E-state index is 14.4. The number of rotatable bonds is 6. The number of carbonyl (C=O) groups is 2. The Hall–Kier alpha value is -4.19. The predicted octanol–water partition coefficient (Wildman–Crippen LogP) is 4.40. The van der Waals surface area contributed by atoms with Crippen LogP contribution in [0.5, 0.6) is 5.75 Å². The van der Waals surface area contributed by atoms with Gasteiger partial charge in [0.15, 0.2) is 0 Å². The number of benzene rings is 2. The summed E-state index contributed by atoms with van der Waals surface area (Å²) >= 11 is 0. The average molecular weight is 519 g/mol. The minimum absolute atomic E-state index is 0.0408. The van der Waals surface area contributed by atoms with E-state index in [0.717, 1.165) is 25.3 Å². The SMILES string of the molecule is COC(=O)c1cc(F)cc(-c2cc(C(=O)Nc3ccc(OC(F)(F)F)cc3)cnc2N2CCC(O)C2)c1. The molecule has 1 amide bonds. The Morgan fingerprint density at radius 1 is 1.11 bits per heavy atom. The number of aliphatic hydroxyl groups excluding tert-OH is 1. The molecule has 2 N–H and O–H groups in total. The van der Waals surface area contributed by atoms with Crippen LogP contribution in [0, 0.1) is 5.82 Å². The number of halogens is 4. The van der Waals surface area contributed by atoms with Gasteiger partial charge < -0.3 is 24.8 Å². The van der Waals surface area contributed by atoms with Gasteiger partial charge in [-0.3, -0.25) is 4.79 Å². The van der Waals surface area contributed by atoms with E-state index in [1.807, 2.05) is 0 Å². The van der Waals surface area contributed by atoms with Crippen molar-refractivity contribution in [1.82, 2.24) is 4.98 Å². The van der Waals surface area contributed by atoms with Crippen LogP contribution >= 0.6 is 0 Å². The van der Waals surface area contributed by atoms with Crippen LogP contribution in [0.15, 0.2) is 54.7 Å². The van der Waals surface area contributed by atoms with Gasteiger partial charge in [-0.25, -0.2) is 14.2 Å². The first-order valence-electron chi connectivity index (χ1n) is 11.0. The van der Waals surface area contributed by atoms with Gasteiger partial charge >= 0.3 is 12.3 Å². The molecule has 1 aliphatic rings. The molecular formula is C25H21F4N3O5. The molecule has 3 aromatic rings. The van der Waals surface area contributed by atoms with Crippen molar-refractivity contribution in [2.24, 2.45) is 0 Å². The first kappa shape index (κ1) is 25.9. The topological polar surface area (TPSA) is 101 Å². The number of esters is 1. The van der Waals surface area contributed by atoms with E-state index in [1.165, 1.54) is 36.5 Å². The van der Waals surface area contributed by atoms with E-state index in [-0.39, 0.29) is 28.9 Å². The first-order valence-corrected chi connectivity index (χ1v) is 11.0. The third-order valence-corrected chi connectivity index (χ3v) is 5.57. The zero-order chi connectivity index (χ0) is 26.7.